The Morgan fingerprint density at radius 3 is 2.58 bits per heavy atom. The molecule has 0 saturated carbocycles. The van der Waals surface area contributed by atoms with Crippen LogP contribution in [0, 0.1) is 13.8 Å². The summed E-state index contributed by atoms with van der Waals surface area (Å²) in [7, 11) is 0. The van der Waals surface area contributed by atoms with Gasteiger partial charge in [0.15, 0.2) is 5.13 Å². The Morgan fingerprint density at radius 1 is 1.00 bits per heavy atom. The average Bonchev–Trinajstić information content (AvgIpc) is 3.28. The average molecular weight is 432 g/mol. The van der Waals surface area contributed by atoms with Gasteiger partial charge in [0.25, 0.3) is 17.7 Å². The van der Waals surface area contributed by atoms with Crippen LogP contribution in [0.25, 0.3) is 0 Å². The van der Waals surface area contributed by atoms with Crippen molar-refractivity contribution in [3.63, 3.8) is 0 Å². The minimum atomic E-state index is -0.409. The van der Waals surface area contributed by atoms with Crippen LogP contribution >= 0.6 is 11.3 Å². The van der Waals surface area contributed by atoms with Gasteiger partial charge in [0.05, 0.1) is 22.5 Å². The van der Waals surface area contributed by atoms with Crippen molar-refractivity contribution in [2.24, 2.45) is 0 Å². The summed E-state index contributed by atoms with van der Waals surface area (Å²) in [5.41, 5.74) is 4.34. The standard InChI is InChI=1S/C24H21N3O3S/c1-13-7-8-14(2)19(11-13)27-22(29)16-10-9-15(12-17(16)23(27)30)21(28)26-24-25-18-5-3-4-6-20(18)31-24/h7-12H,3-6H2,1-2H3,(H,25,26,28). The summed E-state index contributed by atoms with van der Waals surface area (Å²) in [6, 6.07) is 10.3. The number of imide groups is 1. The number of anilines is 2. The fraction of sp³-hybridized carbons (Fsp3) is 0.250. The number of rotatable bonds is 3. The first-order chi connectivity index (χ1) is 14.9. The maximum atomic E-state index is 13.1. The molecular weight excluding hydrogens is 410 g/mol. The summed E-state index contributed by atoms with van der Waals surface area (Å²) in [6.45, 7) is 3.78. The lowest BCUT2D eigenvalue weighted by molar-refractivity contribution is 0.0925. The van der Waals surface area contributed by atoms with Gasteiger partial charge in [-0.05, 0) is 74.9 Å². The molecule has 0 radical (unpaired) electrons. The smallest absolute Gasteiger partial charge is 0.266 e. The number of nitrogens with one attached hydrogen (secondary N) is 1. The number of fused-ring (bicyclic) bond motifs is 2. The fourth-order valence-electron chi connectivity index (χ4n) is 4.14. The van der Waals surface area contributed by atoms with Crippen LogP contribution in [0.2, 0.25) is 0 Å². The predicted octanol–water partition coefficient (Wildman–Crippen LogP) is 4.69. The summed E-state index contributed by atoms with van der Waals surface area (Å²) in [5, 5.41) is 3.43. The van der Waals surface area contributed by atoms with Crippen molar-refractivity contribution < 1.29 is 14.4 Å². The molecule has 1 aliphatic heterocycles. The Balaban J connectivity index is 1.43. The number of benzene rings is 2. The normalized spacial score (nSPS) is 15.1. The number of hydrogen-bond acceptors (Lipinski definition) is 5. The molecule has 0 unspecified atom stereocenters. The van der Waals surface area contributed by atoms with Gasteiger partial charge in [-0.25, -0.2) is 9.88 Å². The van der Waals surface area contributed by atoms with Crippen LogP contribution in [0.3, 0.4) is 0 Å². The van der Waals surface area contributed by atoms with Crippen molar-refractivity contribution in [3.8, 4) is 0 Å². The number of amides is 3. The van der Waals surface area contributed by atoms with E-state index >= 15 is 0 Å². The van der Waals surface area contributed by atoms with E-state index in [-0.39, 0.29) is 17.4 Å². The van der Waals surface area contributed by atoms with Crippen LogP contribution in [0.4, 0.5) is 10.8 Å². The van der Waals surface area contributed by atoms with Crippen molar-refractivity contribution in [1.82, 2.24) is 4.98 Å². The summed E-state index contributed by atoms with van der Waals surface area (Å²) in [4.78, 5) is 45.8. The van der Waals surface area contributed by atoms with Crippen molar-refractivity contribution in [3.05, 3.63) is 74.8 Å². The van der Waals surface area contributed by atoms with E-state index < -0.39 is 5.91 Å². The second kappa shape index (κ2) is 7.42. The Morgan fingerprint density at radius 2 is 1.77 bits per heavy atom. The number of hydrogen-bond donors (Lipinski definition) is 1. The molecule has 3 amide bonds. The topological polar surface area (TPSA) is 79.4 Å². The Kier molecular flexibility index (Phi) is 4.70. The summed E-state index contributed by atoms with van der Waals surface area (Å²) >= 11 is 1.51. The minimum absolute atomic E-state index is 0.247. The lowest BCUT2D eigenvalue weighted by Gasteiger charge is -2.17. The van der Waals surface area contributed by atoms with E-state index in [9.17, 15) is 14.4 Å². The van der Waals surface area contributed by atoms with Crippen molar-refractivity contribution >= 4 is 39.9 Å². The number of carbonyl (C=O) groups is 3. The third kappa shape index (κ3) is 3.35. The van der Waals surface area contributed by atoms with Crippen LogP contribution < -0.4 is 10.2 Å². The molecule has 31 heavy (non-hydrogen) atoms. The molecule has 3 aromatic rings. The van der Waals surface area contributed by atoms with Crippen molar-refractivity contribution in [1.29, 1.82) is 0 Å². The van der Waals surface area contributed by atoms with Gasteiger partial charge < -0.3 is 0 Å². The molecule has 2 aliphatic rings. The first-order valence-electron chi connectivity index (χ1n) is 10.3. The SMILES string of the molecule is Cc1ccc(C)c(N2C(=O)c3ccc(C(=O)Nc4nc5c(s4)CCCC5)cc3C2=O)c1. The molecule has 0 saturated heterocycles. The van der Waals surface area contributed by atoms with E-state index in [0.717, 1.165) is 42.5 Å². The van der Waals surface area contributed by atoms with Crippen LogP contribution in [0.15, 0.2) is 36.4 Å². The second-order valence-electron chi connectivity index (χ2n) is 8.05. The van der Waals surface area contributed by atoms with Crippen LogP contribution in [0.5, 0.6) is 0 Å². The third-order valence-corrected chi connectivity index (χ3v) is 6.89. The summed E-state index contributed by atoms with van der Waals surface area (Å²) in [5.74, 6) is -1.11. The van der Waals surface area contributed by atoms with Crippen LogP contribution in [-0.2, 0) is 12.8 Å². The monoisotopic (exact) mass is 431 g/mol. The maximum Gasteiger partial charge on any atom is 0.266 e. The summed E-state index contributed by atoms with van der Waals surface area (Å²) in [6.07, 6.45) is 4.24. The highest BCUT2D eigenvalue weighted by molar-refractivity contribution is 7.15. The zero-order valence-corrected chi connectivity index (χ0v) is 18.1. The molecule has 0 fully saturated rings. The molecule has 6 nitrogen and oxygen atoms in total. The molecule has 7 heteroatoms. The largest absolute Gasteiger partial charge is 0.298 e. The van der Waals surface area contributed by atoms with Crippen LogP contribution in [0.1, 0.15) is 65.6 Å². The first kappa shape index (κ1) is 19.6. The molecule has 2 aromatic carbocycles. The fourth-order valence-corrected chi connectivity index (χ4v) is 5.18. The Hall–Kier alpha value is -3.32. The lowest BCUT2D eigenvalue weighted by atomic mass is 10.0. The molecule has 2 heterocycles. The van der Waals surface area contributed by atoms with E-state index in [4.69, 9.17) is 0 Å². The van der Waals surface area contributed by atoms with Crippen LogP contribution in [-0.4, -0.2) is 22.7 Å². The molecule has 5 rings (SSSR count). The number of nitrogens with zero attached hydrogens (tertiary/aromatic N) is 2. The highest BCUT2D eigenvalue weighted by atomic mass is 32.1. The minimum Gasteiger partial charge on any atom is -0.298 e. The molecule has 0 atom stereocenters. The van der Waals surface area contributed by atoms with E-state index in [1.165, 1.54) is 27.2 Å². The van der Waals surface area contributed by atoms with Crippen molar-refractivity contribution in [2.45, 2.75) is 39.5 Å². The van der Waals surface area contributed by atoms with Gasteiger partial charge in [0, 0.05) is 10.4 Å². The van der Waals surface area contributed by atoms with E-state index in [1.807, 2.05) is 32.0 Å². The number of carbonyl (C=O) groups excluding carboxylic acids is 3. The molecule has 0 bridgehead atoms. The molecule has 0 spiro atoms. The van der Waals surface area contributed by atoms with Gasteiger partial charge in [0.2, 0.25) is 0 Å². The van der Waals surface area contributed by atoms with Gasteiger partial charge in [-0.3, -0.25) is 19.7 Å². The molecule has 1 aromatic heterocycles. The number of aryl methyl sites for hydroxylation is 4. The molecule has 1 N–H and O–H groups in total. The third-order valence-electron chi connectivity index (χ3n) is 5.82. The summed E-state index contributed by atoms with van der Waals surface area (Å²) < 4.78 is 0. The van der Waals surface area contributed by atoms with Gasteiger partial charge in [-0.15, -0.1) is 11.3 Å². The van der Waals surface area contributed by atoms with E-state index in [0.29, 0.717) is 21.9 Å². The zero-order chi connectivity index (χ0) is 21.7. The van der Waals surface area contributed by atoms with Gasteiger partial charge in [0.1, 0.15) is 0 Å². The highest BCUT2D eigenvalue weighted by Crippen LogP contribution is 2.33. The quantitative estimate of drug-likeness (QED) is 0.610. The molecule has 1 aliphatic carbocycles. The number of aromatic nitrogens is 1. The molecular formula is C24H21N3O3S. The number of thiazole rings is 1. The Bertz CT molecular complexity index is 1240. The maximum absolute atomic E-state index is 13.1. The van der Waals surface area contributed by atoms with E-state index in [1.54, 1.807) is 12.1 Å². The zero-order valence-electron chi connectivity index (χ0n) is 17.3. The first-order valence-corrected chi connectivity index (χ1v) is 11.1. The lowest BCUT2D eigenvalue weighted by Crippen LogP contribution is -2.30. The van der Waals surface area contributed by atoms with Gasteiger partial charge >= 0.3 is 0 Å². The van der Waals surface area contributed by atoms with Gasteiger partial charge in [-0.1, -0.05) is 12.1 Å². The Labute approximate surface area is 183 Å². The predicted molar refractivity (Wildman–Crippen MR) is 120 cm³/mol. The molecule has 156 valence electrons. The second-order valence-corrected chi connectivity index (χ2v) is 9.13. The van der Waals surface area contributed by atoms with E-state index in [2.05, 4.69) is 10.3 Å². The highest BCUT2D eigenvalue weighted by Gasteiger charge is 2.38. The van der Waals surface area contributed by atoms with Gasteiger partial charge in [-0.2, -0.15) is 0 Å². The van der Waals surface area contributed by atoms with Crippen molar-refractivity contribution in [2.75, 3.05) is 10.2 Å².